The van der Waals surface area contributed by atoms with Crippen molar-refractivity contribution in [2.45, 2.75) is 77.9 Å². The average molecular weight is 360 g/mol. The summed E-state index contributed by atoms with van der Waals surface area (Å²) in [7, 11) is 4.31. The van der Waals surface area contributed by atoms with Crippen LogP contribution in [0.2, 0.25) is 0 Å². The third-order valence-corrected chi connectivity index (χ3v) is 9.21. The number of carbonyl (C=O) groups is 1. The van der Waals surface area contributed by atoms with Gasteiger partial charge < -0.3 is 10.0 Å². The number of fused-ring (bicyclic) bond motifs is 5. The van der Waals surface area contributed by atoms with Crippen LogP contribution in [-0.2, 0) is 4.79 Å². The molecule has 4 aliphatic rings. The molecule has 3 nitrogen and oxygen atoms in total. The van der Waals surface area contributed by atoms with Crippen LogP contribution >= 0.6 is 0 Å². The number of Topliss-reactive ketones (excluding diaryl/α,β-unsaturated/α-hetero) is 1. The van der Waals surface area contributed by atoms with E-state index >= 15 is 0 Å². The van der Waals surface area contributed by atoms with E-state index in [1.54, 1.807) is 0 Å². The molecule has 0 heterocycles. The largest absolute Gasteiger partial charge is 0.393 e. The van der Waals surface area contributed by atoms with Crippen LogP contribution in [0.5, 0.6) is 0 Å². The van der Waals surface area contributed by atoms with E-state index in [9.17, 15) is 9.90 Å². The van der Waals surface area contributed by atoms with Crippen LogP contribution < -0.4 is 0 Å². The molecule has 0 unspecified atom stereocenters. The highest BCUT2D eigenvalue weighted by Gasteiger charge is 2.62. The molecule has 8 atom stereocenters. The zero-order chi connectivity index (χ0) is 18.9. The van der Waals surface area contributed by atoms with E-state index in [-0.39, 0.29) is 22.9 Å². The number of aliphatic hydroxyl groups is 1. The van der Waals surface area contributed by atoms with E-state index in [2.05, 4.69) is 38.9 Å². The predicted molar refractivity (Wildman–Crippen MR) is 105 cm³/mol. The van der Waals surface area contributed by atoms with Gasteiger partial charge in [-0.15, -0.1) is 0 Å². The summed E-state index contributed by atoms with van der Waals surface area (Å²) in [6, 6.07) is 0.396. The van der Waals surface area contributed by atoms with E-state index in [1.807, 2.05) is 6.92 Å². The minimum absolute atomic E-state index is 0.133. The lowest BCUT2D eigenvalue weighted by atomic mass is 9.47. The van der Waals surface area contributed by atoms with Crippen LogP contribution in [0.3, 0.4) is 0 Å². The van der Waals surface area contributed by atoms with Crippen molar-refractivity contribution >= 4 is 5.78 Å². The fourth-order valence-electron chi connectivity index (χ4n) is 7.90. The lowest BCUT2D eigenvalue weighted by molar-refractivity contribution is -0.129. The van der Waals surface area contributed by atoms with Gasteiger partial charge in [-0.3, -0.25) is 4.79 Å². The zero-order valence-electron chi connectivity index (χ0n) is 17.3. The monoisotopic (exact) mass is 359 g/mol. The van der Waals surface area contributed by atoms with Gasteiger partial charge in [-0.1, -0.05) is 25.5 Å². The van der Waals surface area contributed by atoms with E-state index < -0.39 is 0 Å². The maximum absolute atomic E-state index is 12.6. The Labute approximate surface area is 159 Å². The molecule has 26 heavy (non-hydrogen) atoms. The standard InChI is InChI=1S/C23H37NO2/c1-14(25)21-20(24(4)5)13-19-17-7-6-15-12-16(26)8-10-22(15,2)18(17)9-11-23(19,21)3/h6,16-21,26H,7-13H2,1-5H3/t16-,17-,18-,19-,20-,21-,22+,23+/m1/s1. The number of carbonyl (C=O) groups excluding carboxylic acids is 1. The SMILES string of the molecule is CC(=O)[C@@H]1[C@H](N(C)C)C[C@@H]2[C@@H]3CC=C4C[C@H](O)CC[C@]4(C)[C@@H]3CC[C@@]21C. The number of hydrogen-bond acceptors (Lipinski definition) is 3. The lowest BCUT2D eigenvalue weighted by Crippen LogP contribution is -2.51. The van der Waals surface area contributed by atoms with Crippen molar-refractivity contribution in [3.05, 3.63) is 11.6 Å². The summed E-state index contributed by atoms with van der Waals surface area (Å²) in [5, 5.41) is 10.2. The van der Waals surface area contributed by atoms with Crippen LogP contribution in [0.4, 0.5) is 0 Å². The fourth-order valence-corrected chi connectivity index (χ4v) is 7.90. The van der Waals surface area contributed by atoms with Gasteiger partial charge in [0.25, 0.3) is 0 Å². The highest BCUT2D eigenvalue weighted by Crippen LogP contribution is 2.66. The first-order valence-electron chi connectivity index (χ1n) is 10.7. The Kier molecular flexibility index (Phi) is 4.43. The summed E-state index contributed by atoms with van der Waals surface area (Å²) in [6.07, 6.45) is 10.1. The molecule has 0 saturated heterocycles. The highest BCUT2D eigenvalue weighted by atomic mass is 16.3. The molecule has 0 bridgehead atoms. The topological polar surface area (TPSA) is 40.5 Å². The summed E-state index contributed by atoms with van der Waals surface area (Å²) < 4.78 is 0. The summed E-state index contributed by atoms with van der Waals surface area (Å²) >= 11 is 0. The molecule has 0 aromatic heterocycles. The molecule has 4 rings (SSSR count). The number of hydrogen-bond donors (Lipinski definition) is 1. The molecule has 3 fully saturated rings. The van der Waals surface area contributed by atoms with Crippen LogP contribution in [0, 0.1) is 34.5 Å². The van der Waals surface area contributed by atoms with Crippen LogP contribution in [0.1, 0.15) is 65.7 Å². The van der Waals surface area contributed by atoms with Crippen molar-refractivity contribution in [3.8, 4) is 0 Å². The molecule has 0 aliphatic heterocycles. The van der Waals surface area contributed by atoms with Crippen LogP contribution in [-0.4, -0.2) is 42.0 Å². The van der Waals surface area contributed by atoms with E-state index in [0.29, 0.717) is 23.7 Å². The fraction of sp³-hybridized carbons (Fsp3) is 0.870. The molecule has 0 radical (unpaired) electrons. The summed E-state index contributed by atoms with van der Waals surface area (Å²) in [5.41, 5.74) is 1.98. The number of rotatable bonds is 2. The first-order valence-corrected chi connectivity index (χ1v) is 10.7. The molecule has 0 spiro atoms. The molecular weight excluding hydrogens is 322 g/mol. The van der Waals surface area contributed by atoms with Gasteiger partial charge in [0, 0.05) is 12.0 Å². The van der Waals surface area contributed by atoms with Crippen molar-refractivity contribution in [2.75, 3.05) is 14.1 Å². The number of ketones is 1. The molecule has 0 aromatic carbocycles. The smallest absolute Gasteiger partial charge is 0.135 e. The van der Waals surface area contributed by atoms with Gasteiger partial charge >= 0.3 is 0 Å². The van der Waals surface area contributed by atoms with Crippen molar-refractivity contribution in [1.29, 1.82) is 0 Å². The number of nitrogens with zero attached hydrogens (tertiary/aromatic N) is 1. The van der Waals surface area contributed by atoms with Crippen LogP contribution in [0.25, 0.3) is 0 Å². The zero-order valence-corrected chi connectivity index (χ0v) is 17.3. The summed E-state index contributed by atoms with van der Waals surface area (Å²) in [6.45, 7) is 6.73. The second-order valence-electron chi connectivity index (χ2n) is 10.6. The van der Waals surface area contributed by atoms with Gasteiger partial charge in [-0.25, -0.2) is 0 Å². The lowest BCUT2D eigenvalue weighted by Gasteiger charge is -2.57. The average Bonchev–Trinajstić information content (AvgIpc) is 2.89. The Hall–Kier alpha value is -0.670. The molecule has 1 N–H and O–H groups in total. The maximum Gasteiger partial charge on any atom is 0.135 e. The molecule has 3 heteroatoms. The third kappa shape index (κ3) is 2.49. The minimum Gasteiger partial charge on any atom is -0.393 e. The molecule has 3 saturated carbocycles. The number of aliphatic hydroxyl groups excluding tert-OH is 1. The predicted octanol–water partition coefficient (Wildman–Crippen LogP) is 4.06. The summed E-state index contributed by atoms with van der Waals surface area (Å²) in [4.78, 5) is 15.0. The van der Waals surface area contributed by atoms with Gasteiger partial charge in [0.15, 0.2) is 0 Å². The molecule has 146 valence electrons. The first-order chi connectivity index (χ1) is 12.2. The summed E-state index contributed by atoms with van der Waals surface area (Å²) in [5.74, 6) is 2.69. The van der Waals surface area contributed by atoms with Gasteiger partial charge in [-0.05, 0) is 94.5 Å². The van der Waals surface area contributed by atoms with Gasteiger partial charge in [0.1, 0.15) is 5.78 Å². The first kappa shape index (κ1) is 18.7. The normalized spacial score (nSPS) is 50.7. The second-order valence-corrected chi connectivity index (χ2v) is 10.6. The maximum atomic E-state index is 12.6. The van der Waals surface area contributed by atoms with Crippen molar-refractivity contribution in [2.24, 2.45) is 34.5 Å². The minimum atomic E-state index is -0.133. The van der Waals surface area contributed by atoms with E-state index in [0.717, 1.165) is 31.6 Å². The van der Waals surface area contributed by atoms with E-state index in [1.165, 1.54) is 24.8 Å². The Morgan fingerprint density at radius 1 is 1.19 bits per heavy atom. The highest BCUT2D eigenvalue weighted by molar-refractivity contribution is 5.80. The molecule has 0 aromatic rings. The molecule has 4 aliphatic carbocycles. The third-order valence-electron chi connectivity index (χ3n) is 9.21. The van der Waals surface area contributed by atoms with Crippen LogP contribution in [0.15, 0.2) is 11.6 Å². The second kappa shape index (κ2) is 6.17. The molecular formula is C23H37NO2. The Morgan fingerprint density at radius 3 is 2.58 bits per heavy atom. The Balaban J connectivity index is 1.69. The Morgan fingerprint density at radius 2 is 1.92 bits per heavy atom. The number of allylic oxidation sites excluding steroid dienone is 1. The molecule has 0 amide bonds. The van der Waals surface area contributed by atoms with Crippen molar-refractivity contribution < 1.29 is 9.90 Å². The van der Waals surface area contributed by atoms with E-state index in [4.69, 9.17) is 0 Å². The van der Waals surface area contributed by atoms with Crippen molar-refractivity contribution in [1.82, 2.24) is 4.90 Å². The Bertz CT molecular complexity index is 626. The van der Waals surface area contributed by atoms with Gasteiger partial charge in [-0.2, -0.15) is 0 Å². The van der Waals surface area contributed by atoms with Gasteiger partial charge in [0.05, 0.1) is 6.10 Å². The van der Waals surface area contributed by atoms with Crippen molar-refractivity contribution in [3.63, 3.8) is 0 Å². The van der Waals surface area contributed by atoms with Gasteiger partial charge in [0.2, 0.25) is 0 Å². The quantitative estimate of drug-likeness (QED) is 0.756.